The fourth-order valence-corrected chi connectivity index (χ4v) is 0.922. The second-order valence-electron chi connectivity index (χ2n) is 2.90. The summed E-state index contributed by atoms with van der Waals surface area (Å²) < 4.78 is 4.60. The van der Waals surface area contributed by atoms with Crippen LogP contribution >= 0.6 is 12.2 Å². The van der Waals surface area contributed by atoms with Crippen molar-refractivity contribution in [1.82, 2.24) is 4.90 Å². The molecule has 0 aromatic rings. The number of methoxy groups -OCH3 is 1. The molecule has 0 saturated carbocycles. The summed E-state index contributed by atoms with van der Waals surface area (Å²) in [7, 11) is 3.21. The summed E-state index contributed by atoms with van der Waals surface area (Å²) in [6.07, 6.45) is 0.618. The van der Waals surface area contributed by atoms with Crippen molar-refractivity contribution in [2.75, 3.05) is 20.7 Å². The lowest BCUT2D eigenvalue weighted by atomic mass is 10.3. The molecule has 0 radical (unpaired) electrons. The molecule has 76 valence electrons. The second kappa shape index (κ2) is 5.88. The van der Waals surface area contributed by atoms with E-state index in [-0.39, 0.29) is 12.0 Å². The van der Waals surface area contributed by atoms with E-state index in [1.807, 2.05) is 11.9 Å². The second-order valence-corrected chi connectivity index (χ2v) is 3.42. The van der Waals surface area contributed by atoms with Crippen molar-refractivity contribution in [3.05, 3.63) is 0 Å². The lowest BCUT2D eigenvalue weighted by molar-refractivity contribution is -0.145. The van der Waals surface area contributed by atoms with Gasteiger partial charge in [0.2, 0.25) is 0 Å². The van der Waals surface area contributed by atoms with Crippen molar-refractivity contribution in [2.45, 2.75) is 19.4 Å². The van der Waals surface area contributed by atoms with Crippen molar-refractivity contribution in [2.24, 2.45) is 5.73 Å². The van der Waals surface area contributed by atoms with Gasteiger partial charge in [0.25, 0.3) is 0 Å². The average Bonchev–Trinajstić information content (AvgIpc) is 2.11. The first kappa shape index (κ1) is 12.3. The minimum Gasteiger partial charge on any atom is -0.468 e. The van der Waals surface area contributed by atoms with E-state index in [1.54, 1.807) is 6.92 Å². The molecule has 5 heteroatoms. The fraction of sp³-hybridized carbons (Fsp3) is 0.750. The SMILES string of the molecule is COC(=O)C(C)N(C)CCC(N)=S. The van der Waals surface area contributed by atoms with Crippen LogP contribution in [0.15, 0.2) is 0 Å². The zero-order valence-electron chi connectivity index (χ0n) is 8.24. The molecule has 0 aliphatic carbocycles. The summed E-state index contributed by atoms with van der Waals surface area (Å²) in [6.45, 7) is 2.46. The molecule has 0 spiro atoms. The molecule has 0 saturated heterocycles. The van der Waals surface area contributed by atoms with E-state index in [2.05, 4.69) is 4.74 Å². The minimum atomic E-state index is -0.251. The van der Waals surface area contributed by atoms with Crippen LogP contribution in [0.5, 0.6) is 0 Å². The van der Waals surface area contributed by atoms with Crippen LogP contribution in [0.1, 0.15) is 13.3 Å². The van der Waals surface area contributed by atoms with Gasteiger partial charge >= 0.3 is 5.97 Å². The van der Waals surface area contributed by atoms with Gasteiger partial charge in [0.05, 0.1) is 12.1 Å². The van der Waals surface area contributed by atoms with Crippen molar-refractivity contribution in [3.63, 3.8) is 0 Å². The highest BCUT2D eigenvalue weighted by atomic mass is 32.1. The van der Waals surface area contributed by atoms with Gasteiger partial charge in [-0.3, -0.25) is 9.69 Å². The third-order valence-corrected chi connectivity index (χ3v) is 2.12. The van der Waals surface area contributed by atoms with E-state index in [9.17, 15) is 4.79 Å². The quantitative estimate of drug-likeness (QED) is 0.510. The number of ether oxygens (including phenoxy) is 1. The number of nitrogens with zero attached hydrogens (tertiary/aromatic N) is 1. The van der Waals surface area contributed by atoms with Gasteiger partial charge in [-0.2, -0.15) is 0 Å². The largest absolute Gasteiger partial charge is 0.468 e. The number of nitrogens with two attached hydrogens (primary N) is 1. The molecule has 0 bridgehead atoms. The van der Waals surface area contributed by atoms with Crippen molar-refractivity contribution in [1.29, 1.82) is 0 Å². The summed E-state index contributed by atoms with van der Waals surface area (Å²) >= 11 is 4.73. The van der Waals surface area contributed by atoms with Gasteiger partial charge in [-0.25, -0.2) is 0 Å². The number of hydrogen-bond acceptors (Lipinski definition) is 4. The Morgan fingerprint density at radius 1 is 1.69 bits per heavy atom. The molecule has 0 aliphatic rings. The smallest absolute Gasteiger partial charge is 0.322 e. The fourth-order valence-electron chi connectivity index (χ4n) is 0.831. The Morgan fingerprint density at radius 2 is 2.23 bits per heavy atom. The van der Waals surface area contributed by atoms with Crippen LogP contribution in [0.4, 0.5) is 0 Å². The van der Waals surface area contributed by atoms with Crippen LogP contribution in [0.2, 0.25) is 0 Å². The van der Waals surface area contributed by atoms with Crippen LogP contribution in [0.3, 0.4) is 0 Å². The van der Waals surface area contributed by atoms with E-state index in [0.717, 1.165) is 0 Å². The topological polar surface area (TPSA) is 55.6 Å². The zero-order chi connectivity index (χ0) is 10.4. The summed E-state index contributed by atoms with van der Waals surface area (Å²) in [4.78, 5) is 13.4. The lowest BCUT2D eigenvalue weighted by Crippen LogP contribution is -2.38. The monoisotopic (exact) mass is 204 g/mol. The summed E-state index contributed by atoms with van der Waals surface area (Å²) in [6, 6.07) is -0.251. The number of thiocarbonyl (C=S) groups is 1. The van der Waals surface area contributed by atoms with E-state index in [4.69, 9.17) is 18.0 Å². The summed E-state index contributed by atoms with van der Waals surface area (Å²) in [5.41, 5.74) is 5.34. The van der Waals surface area contributed by atoms with Gasteiger partial charge < -0.3 is 10.5 Å². The number of rotatable bonds is 5. The third-order valence-electron chi connectivity index (χ3n) is 1.91. The number of esters is 1. The van der Waals surface area contributed by atoms with Gasteiger partial charge in [0.1, 0.15) is 6.04 Å². The molecule has 4 nitrogen and oxygen atoms in total. The van der Waals surface area contributed by atoms with Crippen LogP contribution in [-0.2, 0) is 9.53 Å². The highest BCUT2D eigenvalue weighted by molar-refractivity contribution is 7.80. The number of carbonyl (C=O) groups excluding carboxylic acids is 1. The predicted octanol–water partition coefficient (Wildman–Crippen LogP) is 0.156. The first-order valence-electron chi connectivity index (χ1n) is 4.05. The highest BCUT2D eigenvalue weighted by Gasteiger charge is 2.17. The normalized spacial score (nSPS) is 12.6. The average molecular weight is 204 g/mol. The maximum absolute atomic E-state index is 11.1. The van der Waals surface area contributed by atoms with Gasteiger partial charge in [0, 0.05) is 13.0 Å². The standard InChI is InChI=1S/C8H16N2O2S/c1-6(8(11)12-3)10(2)5-4-7(9)13/h6H,4-5H2,1-3H3,(H2,9,13). The van der Waals surface area contributed by atoms with Gasteiger partial charge in [-0.05, 0) is 14.0 Å². The zero-order valence-corrected chi connectivity index (χ0v) is 9.06. The molecule has 0 amide bonds. The minimum absolute atomic E-state index is 0.245. The summed E-state index contributed by atoms with van der Waals surface area (Å²) in [5.74, 6) is -0.245. The van der Waals surface area contributed by atoms with E-state index >= 15 is 0 Å². The number of likely N-dealkylation sites (N-methyl/N-ethyl adjacent to an activating group) is 1. The maximum atomic E-state index is 11.1. The van der Waals surface area contributed by atoms with Crippen LogP contribution in [0, 0.1) is 0 Å². The lowest BCUT2D eigenvalue weighted by Gasteiger charge is -2.21. The Labute approximate surface area is 84.0 Å². The molecule has 1 unspecified atom stereocenters. The van der Waals surface area contributed by atoms with Gasteiger partial charge in [-0.15, -0.1) is 0 Å². The molecular weight excluding hydrogens is 188 g/mol. The molecule has 0 aromatic heterocycles. The Kier molecular flexibility index (Phi) is 5.57. The number of carbonyl (C=O) groups is 1. The predicted molar refractivity (Wildman–Crippen MR) is 55.5 cm³/mol. The Hall–Kier alpha value is -0.680. The van der Waals surface area contributed by atoms with Crippen LogP contribution < -0.4 is 5.73 Å². The Morgan fingerprint density at radius 3 is 2.62 bits per heavy atom. The van der Waals surface area contributed by atoms with Crippen molar-refractivity contribution < 1.29 is 9.53 Å². The molecule has 13 heavy (non-hydrogen) atoms. The first-order chi connectivity index (χ1) is 5.99. The highest BCUT2D eigenvalue weighted by Crippen LogP contribution is 1.98. The first-order valence-corrected chi connectivity index (χ1v) is 4.46. The molecule has 0 fully saturated rings. The van der Waals surface area contributed by atoms with E-state index < -0.39 is 0 Å². The molecule has 0 rings (SSSR count). The Bertz CT molecular complexity index is 197. The Balaban J connectivity index is 3.88. The van der Waals surface area contributed by atoms with Crippen molar-refractivity contribution in [3.8, 4) is 0 Å². The van der Waals surface area contributed by atoms with Crippen LogP contribution in [0.25, 0.3) is 0 Å². The molecule has 0 aliphatic heterocycles. The number of hydrogen-bond donors (Lipinski definition) is 1. The molecular formula is C8H16N2O2S. The van der Waals surface area contributed by atoms with Crippen LogP contribution in [-0.4, -0.2) is 42.6 Å². The summed E-state index contributed by atoms with van der Waals surface area (Å²) in [5, 5.41) is 0. The van der Waals surface area contributed by atoms with Gasteiger partial charge in [-0.1, -0.05) is 12.2 Å². The molecule has 2 N–H and O–H groups in total. The van der Waals surface area contributed by atoms with E-state index in [1.165, 1.54) is 7.11 Å². The third kappa shape index (κ3) is 4.80. The molecule has 1 atom stereocenters. The molecule has 0 heterocycles. The van der Waals surface area contributed by atoms with Gasteiger partial charge in [0.15, 0.2) is 0 Å². The van der Waals surface area contributed by atoms with E-state index in [0.29, 0.717) is 18.0 Å². The maximum Gasteiger partial charge on any atom is 0.322 e. The van der Waals surface area contributed by atoms with Crippen molar-refractivity contribution >= 4 is 23.2 Å². The molecule has 0 aromatic carbocycles.